The van der Waals surface area contributed by atoms with Crippen LogP contribution in [0, 0.1) is 0 Å². The Morgan fingerprint density at radius 3 is 2.61 bits per heavy atom. The second-order valence-electron chi connectivity index (χ2n) is 6.95. The van der Waals surface area contributed by atoms with E-state index in [1.807, 2.05) is 30.3 Å². The van der Waals surface area contributed by atoms with Gasteiger partial charge in [0.25, 0.3) is 0 Å². The fourth-order valence-corrected chi connectivity index (χ4v) is 2.51. The number of carbonyl (C=O) groups excluding carboxylic acids is 1. The van der Waals surface area contributed by atoms with E-state index in [4.69, 9.17) is 15.2 Å². The summed E-state index contributed by atoms with van der Waals surface area (Å²) in [7, 11) is 0. The van der Waals surface area contributed by atoms with E-state index < -0.39 is 23.4 Å². The van der Waals surface area contributed by atoms with E-state index in [0.717, 1.165) is 5.56 Å². The number of hydrogen-bond acceptors (Lipinski definition) is 5. The lowest BCUT2D eigenvalue weighted by Gasteiger charge is -2.27. The van der Waals surface area contributed by atoms with E-state index >= 15 is 0 Å². The number of aliphatic hydroxyl groups is 1. The molecule has 1 saturated heterocycles. The summed E-state index contributed by atoms with van der Waals surface area (Å²) in [6, 6.07) is 9.68. The summed E-state index contributed by atoms with van der Waals surface area (Å²) in [6.07, 6.45) is -1.00. The summed E-state index contributed by atoms with van der Waals surface area (Å²) in [4.78, 5) is 13.6. The largest absolute Gasteiger partial charge is 0.444 e. The van der Waals surface area contributed by atoms with Crippen LogP contribution in [0.25, 0.3) is 0 Å². The van der Waals surface area contributed by atoms with Gasteiger partial charge in [-0.15, -0.1) is 0 Å². The first-order chi connectivity index (χ1) is 10.7. The molecule has 0 saturated carbocycles. The molecule has 1 aliphatic heterocycles. The number of ether oxygens (including phenoxy) is 2. The van der Waals surface area contributed by atoms with Gasteiger partial charge in [-0.25, -0.2) is 4.79 Å². The summed E-state index contributed by atoms with van der Waals surface area (Å²) in [5.74, 6) is 0. The van der Waals surface area contributed by atoms with Gasteiger partial charge in [0.15, 0.2) is 0 Å². The Hall–Kier alpha value is -1.63. The minimum Gasteiger partial charge on any atom is -0.444 e. The molecule has 0 aliphatic carbocycles. The molecule has 1 heterocycles. The zero-order valence-corrected chi connectivity index (χ0v) is 14.0. The maximum atomic E-state index is 12.2. The third kappa shape index (κ3) is 4.67. The number of carbonyl (C=O) groups is 1. The van der Waals surface area contributed by atoms with Crippen molar-refractivity contribution in [3.63, 3.8) is 0 Å². The average Bonchev–Trinajstić information content (AvgIpc) is 2.83. The summed E-state index contributed by atoms with van der Waals surface area (Å²) < 4.78 is 11.2. The zero-order valence-electron chi connectivity index (χ0n) is 14.0. The lowest BCUT2D eigenvalue weighted by molar-refractivity contribution is -0.0788. The molecule has 2 atom stereocenters. The Morgan fingerprint density at radius 2 is 2.04 bits per heavy atom. The van der Waals surface area contributed by atoms with Gasteiger partial charge in [-0.1, -0.05) is 30.3 Å². The molecule has 1 aromatic rings. The highest BCUT2D eigenvalue weighted by Crippen LogP contribution is 2.26. The molecule has 6 nitrogen and oxygen atoms in total. The molecule has 2 rings (SSSR count). The first-order valence-electron chi connectivity index (χ1n) is 7.79. The van der Waals surface area contributed by atoms with E-state index in [1.54, 1.807) is 20.8 Å². The predicted molar refractivity (Wildman–Crippen MR) is 86.8 cm³/mol. The van der Waals surface area contributed by atoms with Crippen molar-refractivity contribution in [1.29, 1.82) is 0 Å². The Balaban J connectivity index is 2.00. The highest BCUT2D eigenvalue weighted by Gasteiger charge is 2.47. The normalized spacial score (nSPS) is 24.7. The maximum absolute atomic E-state index is 12.2. The van der Waals surface area contributed by atoms with Gasteiger partial charge in [-0.2, -0.15) is 0 Å². The maximum Gasteiger partial charge on any atom is 0.410 e. The quantitative estimate of drug-likeness (QED) is 0.878. The Kier molecular flexibility index (Phi) is 5.29. The van der Waals surface area contributed by atoms with Crippen molar-refractivity contribution in [2.75, 3.05) is 19.6 Å². The molecule has 1 aliphatic rings. The second-order valence-corrected chi connectivity index (χ2v) is 6.95. The van der Waals surface area contributed by atoms with Crippen molar-refractivity contribution >= 4 is 6.09 Å². The number of benzene rings is 1. The molecule has 0 spiro atoms. The van der Waals surface area contributed by atoms with E-state index in [1.165, 1.54) is 4.90 Å². The molecule has 0 radical (unpaired) electrons. The van der Waals surface area contributed by atoms with E-state index in [-0.39, 0.29) is 19.6 Å². The summed E-state index contributed by atoms with van der Waals surface area (Å²) in [6.45, 7) is 6.16. The first-order valence-corrected chi connectivity index (χ1v) is 7.79. The van der Waals surface area contributed by atoms with Crippen molar-refractivity contribution < 1.29 is 19.4 Å². The summed E-state index contributed by atoms with van der Waals surface area (Å²) >= 11 is 0. The van der Waals surface area contributed by atoms with Crippen LogP contribution in [-0.2, 0) is 16.1 Å². The molecule has 0 bridgehead atoms. The molecule has 0 aromatic heterocycles. The first kappa shape index (κ1) is 17.7. The van der Waals surface area contributed by atoms with Gasteiger partial charge in [0, 0.05) is 6.54 Å². The number of likely N-dealkylation sites (tertiary alicyclic amines) is 1. The molecule has 1 fully saturated rings. The van der Waals surface area contributed by atoms with E-state index in [2.05, 4.69) is 0 Å². The Morgan fingerprint density at radius 1 is 1.39 bits per heavy atom. The SMILES string of the molecule is CC(C)(C)OC(=O)N1CC(OCc2ccccc2)C(O)(CN)C1. The molecule has 3 N–H and O–H groups in total. The fourth-order valence-electron chi connectivity index (χ4n) is 2.51. The van der Waals surface area contributed by atoms with Gasteiger partial charge in [-0.05, 0) is 26.3 Å². The predicted octanol–water partition coefficient (Wildman–Crippen LogP) is 1.51. The average molecular weight is 322 g/mol. The van der Waals surface area contributed by atoms with Crippen molar-refractivity contribution in [2.45, 2.75) is 44.7 Å². The van der Waals surface area contributed by atoms with Gasteiger partial charge in [0.2, 0.25) is 0 Å². The smallest absolute Gasteiger partial charge is 0.410 e. The van der Waals surface area contributed by atoms with Gasteiger partial charge in [0.05, 0.1) is 19.7 Å². The van der Waals surface area contributed by atoms with Crippen LogP contribution < -0.4 is 5.73 Å². The molecule has 2 unspecified atom stereocenters. The lowest BCUT2D eigenvalue weighted by Crippen LogP contribution is -2.49. The highest BCUT2D eigenvalue weighted by molar-refractivity contribution is 5.69. The van der Waals surface area contributed by atoms with Gasteiger partial charge in [0.1, 0.15) is 17.3 Å². The Labute approximate surface area is 137 Å². The topological polar surface area (TPSA) is 85.0 Å². The second kappa shape index (κ2) is 6.86. The van der Waals surface area contributed by atoms with Crippen LogP contribution in [-0.4, -0.2) is 53.0 Å². The van der Waals surface area contributed by atoms with Gasteiger partial charge in [-0.3, -0.25) is 0 Å². The van der Waals surface area contributed by atoms with Gasteiger partial charge >= 0.3 is 6.09 Å². The number of hydrogen-bond donors (Lipinski definition) is 2. The molecule has 1 amide bonds. The number of β-amino-alcohol motifs (C(OH)–C–C–N with tert-alkyl or cyclic N) is 1. The number of nitrogens with two attached hydrogens (primary N) is 1. The number of nitrogens with zero attached hydrogens (tertiary/aromatic N) is 1. The summed E-state index contributed by atoms with van der Waals surface area (Å²) in [5, 5.41) is 10.7. The third-order valence-electron chi connectivity index (χ3n) is 3.75. The molecule has 128 valence electrons. The van der Waals surface area contributed by atoms with E-state index in [0.29, 0.717) is 6.61 Å². The van der Waals surface area contributed by atoms with Crippen LogP contribution in [0.15, 0.2) is 30.3 Å². The van der Waals surface area contributed by atoms with Crippen molar-refractivity contribution in [1.82, 2.24) is 4.90 Å². The standard InChI is InChI=1S/C17H26N2O4/c1-16(2,3)23-15(20)19-9-14(17(21,11-18)12-19)22-10-13-7-5-4-6-8-13/h4-8,14,21H,9-12,18H2,1-3H3. The molecule has 6 heteroatoms. The Bertz CT molecular complexity index is 529. The van der Waals surface area contributed by atoms with Crippen LogP contribution in [0.4, 0.5) is 4.79 Å². The zero-order chi connectivity index (χ0) is 17.1. The lowest BCUT2D eigenvalue weighted by atomic mass is 10.0. The van der Waals surface area contributed by atoms with Crippen LogP contribution >= 0.6 is 0 Å². The van der Waals surface area contributed by atoms with Crippen LogP contribution in [0.2, 0.25) is 0 Å². The van der Waals surface area contributed by atoms with E-state index in [9.17, 15) is 9.90 Å². The molecular formula is C17H26N2O4. The summed E-state index contributed by atoms with van der Waals surface area (Å²) in [5.41, 5.74) is 4.87. The highest BCUT2D eigenvalue weighted by atomic mass is 16.6. The number of rotatable bonds is 4. The van der Waals surface area contributed by atoms with Crippen molar-refractivity contribution in [3.05, 3.63) is 35.9 Å². The van der Waals surface area contributed by atoms with Crippen LogP contribution in [0.5, 0.6) is 0 Å². The van der Waals surface area contributed by atoms with Crippen molar-refractivity contribution in [2.24, 2.45) is 5.73 Å². The number of amides is 1. The molecule has 1 aromatic carbocycles. The van der Waals surface area contributed by atoms with Crippen LogP contribution in [0.3, 0.4) is 0 Å². The third-order valence-corrected chi connectivity index (χ3v) is 3.75. The van der Waals surface area contributed by atoms with Gasteiger partial charge < -0.3 is 25.2 Å². The minimum atomic E-state index is -1.26. The van der Waals surface area contributed by atoms with Crippen molar-refractivity contribution in [3.8, 4) is 0 Å². The van der Waals surface area contributed by atoms with Crippen LogP contribution in [0.1, 0.15) is 26.3 Å². The minimum absolute atomic E-state index is 0.0196. The fraction of sp³-hybridized carbons (Fsp3) is 0.588. The molecule has 23 heavy (non-hydrogen) atoms. The molecular weight excluding hydrogens is 296 g/mol. The monoisotopic (exact) mass is 322 g/mol.